The molecule has 0 aliphatic carbocycles. The third-order valence-corrected chi connectivity index (χ3v) is 13.8. The molecule has 0 radical (unpaired) electrons. The second kappa shape index (κ2) is 16.1. The maximum absolute atomic E-state index is 10.1. The fourth-order valence-corrected chi connectivity index (χ4v) is 13.0. The molecule has 0 rings (SSSR count). The van der Waals surface area contributed by atoms with Crippen LogP contribution in [0.3, 0.4) is 0 Å². The fourth-order valence-electron chi connectivity index (χ4n) is 2.10. The van der Waals surface area contributed by atoms with Gasteiger partial charge < -0.3 is 0 Å². The Morgan fingerprint density at radius 1 is 0.864 bits per heavy atom. The van der Waals surface area contributed by atoms with Gasteiger partial charge in [0.25, 0.3) is 0 Å². The third kappa shape index (κ3) is 22.5. The molecule has 4 heteroatoms. The molecule has 0 heterocycles. The molecule has 0 unspecified atom stereocenters. The minimum atomic E-state index is -0.967. The Morgan fingerprint density at radius 3 is 1.41 bits per heavy atom. The Labute approximate surface area is 146 Å². The van der Waals surface area contributed by atoms with E-state index in [1.807, 2.05) is 0 Å². The molecule has 0 aliphatic heterocycles. The van der Waals surface area contributed by atoms with E-state index in [1.54, 1.807) is 34.1 Å². The van der Waals surface area contributed by atoms with E-state index >= 15 is 0 Å². The molecule has 0 aromatic carbocycles. The Kier molecular flexibility index (Phi) is 17.9. The number of rotatable bonds is 10. The molecule has 0 atom stereocenters. The van der Waals surface area contributed by atoms with Crippen molar-refractivity contribution in [3.05, 3.63) is 0 Å². The molecular weight excluding hydrogens is 383 g/mol. The van der Waals surface area contributed by atoms with E-state index in [-0.39, 0.29) is 0 Å². The van der Waals surface area contributed by atoms with Crippen LogP contribution in [0.25, 0.3) is 0 Å². The van der Waals surface area contributed by atoms with Crippen LogP contribution in [0.15, 0.2) is 0 Å². The maximum atomic E-state index is 10.1. The summed E-state index contributed by atoms with van der Waals surface area (Å²) < 4.78 is 5.08. The Morgan fingerprint density at radius 2 is 1.23 bits per heavy atom. The molecule has 134 valence electrons. The Bertz CT molecular complexity index is 230. The molecule has 3 nitrogen and oxygen atoms in total. The van der Waals surface area contributed by atoms with Gasteiger partial charge in [-0.15, -0.1) is 0 Å². The summed E-state index contributed by atoms with van der Waals surface area (Å²) in [5.41, 5.74) is -0.411. The van der Waals surface area contributed by atoms with Crippen molar-refractivity contribution >= 4 is 25.7 Å². The Balaban J connectivity index is 0. The molecule has 0 aromatic heterocycles. The van der Waals surface area contributed by atoms with Crippen molar-refractivity contribution in [2.24, 2.45) is 0 Å². The van der Waals surface area contributed by atoms with Gasteiger partial charge in [-0.25, -0.2) is 4.79 Å². The van der Waals surface area contributed by atoms with E-state index in [2.05, 4.69) is 30.5 Å². The van der Waals surface area contributed by atoms with Gasteiger partial charge in [0.15, 0.2) is 0 Å². The number of hydrogen-bond acceptors (Lipinski definition) is 3. The van der Waals surface area contributed by atoms with E-state index in [1.165, 1.54) is 45.4 Å². The van der Waals surface area contributed by atoms with Crippen molar-refractivity contribution in [2.75, 3.05) is 0 Å². The number of carbonyl (C=O) groups is 1. The summed E-state index contributed by atoms with van der Waals surface area (Å²) in [5, 5.41) is 0. The second-order valence-corrected chi connectivity index (χ2v) is 17.0. The topological polar surface area (TPSA) is 35.5 Å². The SMILES string of the molecule is CC(=O)OOC(C)(C)C.CCC[CH2][SnH]([CH2]CCC)[CH2]CCC. The first kappa shape index (κ1) is 24.5. The molecule has 0 spiro atoms. The van der Waals surface area contributed by atoms with Crippen LogP contribution in [-0.4, -0.2) is 31.3 Å². The molecule has 0 amide bonds. The summed E-state index contributed by atoms with van der Waals surface area (Å²) in [7, 11) is 0. The van der Waals surface area contributed by atoms with E-state index in [4.69, 9.17) is 0 Å². The first-order valence-electron chi connectivity index (χ1n) is 9.13. The van der Waals surface area contributed by atoms with Gasteiger partial charge in [0.05, 0.1) is 0 Å². The second-order valence-electron chi connectivity index (χ2n) is 7.06. The van der Waals surface area contributed by atoms with Gasteiger partial charge in [-0.05, 0) is 20.8 Å². The molecule has 0 saturated carbocycles. The average molecular weight is 423 g/mol. The zero-order valence-corrected chi connectivity index (χ0v) is 19.5. The van der Waals surface area contributed by atoms with Gasteiger partial charge in [0, 0.05) is 6.92 Å². The van der Waals surface area contributed by atoms with Crippen LogP contribution in [0.1, 0.15) is 87.0 Å². The van der Waals surface area contributed by atoms with E-state index < -0.39 is 31.3 Å². The van der Waals surface area contributed by atoms with Crippen molar-refractivity contribution < 1.29 is 14.6 Å². The van der Waals surface area contributed by atoms with E-state index in [9.17, 15) is 4.79 Å². The van der Waals surface area contributed by atoms with Crippen molar-refractivity contribution in [1.29, 1.82) is 0 Å². The monoisotopic (exact) mass is 424 g/mol. The molecule has 0 saturated heterocycles. The third-order valence-electron chi connectivity index (χ3n) is 3.31. The van der Waals surface area contributed by atoms with Gasteiger partial charge >= 0.3 is 98.3 Å². The van der Waals surface area contributed by atoms with Gasteiger partial charge in [0.2, 0.25) is 0 Å². The summed E-state index contributed by atoms with van der Waals surface area (Å²) >= 11 is -0.967. The summed E-state index contributed by atoms with van der Waals surface area (Å²) in [6.45, 7) is 13.7. The number of hydrogen-bond donors (Lipinski definition) is 0. The van der Waals surface area contributed by atoms with Crippen molar-refractivity contribution in [3.8, 4) is 0 Å². The van der Waals surface area contributed by atoms with Crippen LogP contribution in [0, 0.1) is 0 Å². The molecular formula is C18H40O3Sn. The van der Waals surface area contributed by atoms with Gasteiger partial charge in [-0.1, -0.05) is 0 Å². The summed E-state index contributed by atoms with van der Waals surface area (Å²) in [6, 6.07) is 0. The zero-order valence-electron chi connectivity index (χ0n) is 16.2. The standard InChI is InChI=1S/C6H12O3.3C4H9.Sn.H/c1-5(7)8-9-6(2,3)4;3*1-3-4-2;;/h1-4H3;3*1,3-4H2,2H3;;. The minimum absolute atomic E-state index is 0.411. The van der Waals surface area contributed by atoms with Crippen LogP contribution >= 0.6 is 0 Å². The first-order chi connectivity index (χ1) is 10.3. The molecule has 0 aromatic rings. The normalized spacial score (nSPS) is 11.1. The van der Waals surface area contributed by atoms with Crippen LogP contribution in [0.4, 0.5) is 0 Å². The van der Waals surface area contributed by atoms with Crippen LogP contribution in [0.2, 0.25) is 13.3 Å². The van der Waals surface area contributed by atoms with Gasteiger partial charge in [-0.2, -0.15) is 4.89 Å². The first-order valence-corrected chi connectivity index (χ1v) is 16.1. The van der Waals surface area contributed by atoms with Crippen molar-refractivity contribution in [2.45, 2.75) is 106 Å². The molecule has 22 heavy (non-hydrogen) atoms. The molecule has 0 aliphatic rings. The van der Waals surface area contributed by atoms with Crippen LogP contribution < -0.4 is 0 Å². The van der Waals surface area contributed by atoms with E-state index in [0.29, 0.717) is 0 Å². The average Bonchev–Trinajstić information content (AvgIpc) is 2.44. The predicted octanol–water partition coefficient (Wildman–Crippen LogP) is 5.89. The zero-order chi connectivity index (χ0) is 17.4. The van der Waals surface area contributed by atoms with Gasteiger partial charge in [0.1, 0.15) is 5.60 Å². The number of unbranched alkanes of at least 4 members (excludes halogenated alkanes) is 3. The van der Waals surface area contributed by atoms with Crippen LogP contribution in [0.5, 0.6) is 0 Å². The van der Waals surface area contributed by atoms with Crippen molar-refractivity contribution in [1.82, 2.24) is 0 Å². The molecule has 0 fully saturated rings. The summed E-state index contributed by atoms with van der Waals surface area (Å²) in [5.74, 6) is -0.426. The van der Waals surface area contributed by atoms with Crippen molar-refractivity contribution in [3.63, 3.8) is 0 Å². The quantitative estimate of drug-likeness (QED) is 0.250. The summed E-state index contributed by atoms with van der Waals surface area (Å²) in [6.07, 6.45) is 8.87. The fraction of sp³-hybridized carbons (Fsp3) is 0.944. The Hall–Kier alpha value is 0.229. The van der Waals surface area contributed by atoms with E-state index in [0.717, 1.165) is 0 Å². The predicted molar refractivity (Wildman–Crippen MR) is 98.9 cm³/mol. The van der Waals surface area contributed by atoms with Gasteiger partial charge in [-0.3, -0.25) is 4.89 Å². The van der Waals surface area contributed by atoms with Crippen LogP contribution in [-0.2, 0) is 14.6 Å². The number of carbonyl (C=O) groups excluding carboxylic acids is 1. The summed E-state index contributed by atoms with van der Waals surface area (Å²) in [4.78, 5) is 19.1. The molecule has 0 bridgehead atoms. The molecule has 0 N–H and O–H groups in total.